The van der Waals surface area contributed by atoms with Crippen molar-refractivity contribution in [3.05, 3.63) is 91.8 Å². The van der Waals surface area contributed by atoms with Crippen LogP contribution in [-0.2, 0) is 27.2 Å². The summed E-state index contributed by atoms with van der Waals surface area (Å²) in [6.07, 6.45) is 4.69. The molecule has 1 aliphatic rings. The lowest BCUT2D eigenvalue weighted by molar-refractivity contribution is -0.136. The Morgan fingerprint density at radius 1 is 0.977 bits per heavy atom. The lowest BCUT2D eigenvalue weighted by atomic mass is 9.95. The third-order valence-corrected chi connectivity index (χ3v) is 8.48. The number of hydrogen-bond acceptors (Lipinski definition) is 8. The van der Waals surface area contributed by atoms with Gasteiger partial charge in [0.15, 0.2) is 0 Å². The van der Waals surface area contributed by atoms with E-state index < -0.39 is 23.8 Å². The maximum absolute atomic E-state index is 12.9. The fourth-order valence-electron chi connectivity index (χ4n) is 4.75. The van der Waals surface area contributed by atoms with Gasteiger partial charge in [0, 0.05) is 15.5 Å². The average molecular weight is 639 g/mol. The number of aryl methyl sites for hydroxylation is 1. The molecule has 2 N–H and O–H groups in total. The molecule has 0 radical (unpaired) electrons. The van der Waals surface area contributed by atoms with E-state index in [1.807, 2.05) is 12.1 Å². The van der Waals surface area contributed by atoms with Gasteiger partial charge in [-0.3, -0.25) is 9.59 Å². The van der Waals surface area contributed by atoms with Crippen molar-refractivity contribution < 1.29 is 28.7 Å². The summed E-state index contributed by atoms with van der Waals surface area (Å²) in [6.45, 7) is 1.89. The van der Waals surface area contributed by atoms with Crippen molar-refractivity contribution in [1.29, 1.82) is 0 Å². The minimum atomic E-state index is -1.05. The molecule has 0 aliphatic heterocycles. The Bertz CT molecular complexity index is 1780. The molecule has 220 valence electrons. The Morgan fingerprint density at radius 2 is 1.77 bits per heavy atom. The van der Waals surface area contributed by atoms with E-state index in [4.69, 9.17) is 32.7 Å². The summed E-state index contributed by atoms with van der Waals surface area (Å²) >= 11 is 13.4. The molecular formula is C31H25Cl2N3O6S. The van der Waals surface area contributed by atoms with Gasteiger partial charge in [0.05, 0.1) is 29.0 Å². The zero-order chi connectivity index (χ0) is 30.5. The van der Waals surface area contributed by atoms with Gasteiger partial charge < -0.3 is 14.8 Å². The van der Waals surface area contributed by atoms with Crippen molar-refractivity contribution in [3.8, 4) is 5.75 Å². The third-order valence-electron chi connectivity index (χ3n) is 6.73. The minimum absolute atomic E-state index is 0.115. The fourth-order valence-corrected chi connectivity index (χ4v) is 6.50. The summed E-state index contributed by atoms with van der Waals surface area (Å²) in [4.78, 5) is 52.1. The maximum Gasteiger partial charge on any atom is 0.345 e. The Morgan fingerprint density at radius 3 is 2.56 bits per heavy atom. The van der Waals surface area contributed by atoms with Crippen LogP contribution < -0.4 is 15.5 Å². The highest BCUT2D eigenvalue weighted by Gasteiger charge is 2.28. The van der Waals surface area contributed by atoms with E-state index in [-0.39, 0.29) is 27.9 Å². The first kappa shape index (κ1) is 30.2. The van der Waals surface area contributed by atoms with Crippen molar-refractivity contribution in [1.82, 2.24) is 5.43 Å². The molecule has 0 saturated carbocycles. The van der Waals surface area contributed by atoms with Crippen LogP contribution in [0.2, 0.25) is 10.0 Å². The molecule has 1 aromatic heterocycles. The predicted octanol–water partition coefficient (Wildman–Crippen LogP) is 6.57. The number of carbonyl (C=O) groups excluding carboxylic acids is 4. The second-order valence-electron chi connectivity index (χ2n) is 9.50. The van der Waals surface area contributed by atoms with Crippen LogP contribution in [-0.4, -0.2) is 36.6 Å². The summed E-state index contributed by atoms with van der Waals surface area (Å²) < 4.78 is 10.9. The average Bonchev–Trinajstić information content (AvgIpc) is 3.35. The number of nitrogens with one attached hydrogen (secondary N) is 2. The van der Waals surface area contributed by atoms with E-state index in [2.05, 4.69) is 15.8 Å². The van der Waals surface area contributed by atoms with Gasteiger partial charge in [0.1, 0.15) is 10.8 Å². The van der Waals surface area contributed by atoms with E-state index in [1.54, 1.807) is 31.2 Å². The van der Waals surface area contributed by atoms with Gasteiger partial charge >= 0.3 is 23.8 Å². The fraction of sp³-hybridized carbons (Fsp3) is 0.194. The first-order chi connectivity index (χ1) is 20.8. The molecule has 0 atom stereocenters. The van der Waals surface area contributed by atoms with Crippen molar-refractivity contribution in [2.75, 3.05) is 11.9 Å². The van der Waals surface area contributed by atoms with Crippen LogP contribution >= 0.6 is 34.5 Å². The van der Waals surface area contributed by atoms with E-state index in [1.165, 1.54) is 35.8 Å². The second-order valence-corrected chi connectivity index (χ2v) is 11.4. The molecule has 2 amide bonds. The SMILES string of the molecule is CCOC(=O)c1c(NC(=O)C(=O)N/N=C/c2c(OC(=O)c3ccc(Cl)cc3Cl)ccc3ccccc23)sc2c1CCCC2. The highest BCUT2D eigenvalue weighted by molar-refractivity contribution is 7.17. The maximum atomic E-state index is 12.9. The van der Waals surface area contributed by atoms with Gasteiger partial charge in [-0.1, -0.05) is 53.5 Å². The molecular weight excluding hydrogens is 613 g/mol. The molecule has 12 heteroatoms. The first-order valence-corrected chi connectivity index (χ1v) is 15.0. The molecule has 0 unspecified atom stereocenters. The van der Waals surface area contributed by atoms with Crippen LogP contribution in [0.5, 0.6) is 5.75 Å². The minimum Gasteiger partial charge on any atom is -0.462 e. The van der Waals surface area contributed by atoms with Crippen molar-refractivity contribution in [3.63, 3.8) is 0 Å². The number of hydrazone groups is 1. The Balaban J connectivity index is 1.35. The predicted molar refractivity (Wildman–Crippen MR) is 167 cm³/mol. The number of carbonyl (C=O) groups is 4. The van der Waals surface area contributed by atoms with Gasteiger partial charge in [0.2, 0.25) is 0 Å². The summed E-state index contributed by atoms with van der Waals surface area (Å²) in [6, 6.07) is 15.1. The molecule has 9 nitrogen and oxygen atoms in total. The number of thiophene rings is 1. The van der Waals surface area contributed by atoms with Crippen molar-refractivity contribution in [2.24, 2.45) is 5.10 Å². The standard InChI is InChI=1S/C31H25Cl2N3O6S/c1-2-41-31(40)26-21-9-5-6-10-25(21)43-29(26)35-27(37)28(38)36-34-16-22-19-8-4-3-7-17(19)11-14-24(22)42-30(39)20-13-12-18(32)15-23(20)33/h3-4,7-8,11-16H,2,5-6,9-10H2,1H3,(H,35,37)(H,36,38)/b34-16+. The van der Waals surface area contributed by atoms with Crippen LogP contribution in [0.15, 0.2) is 59.7 Å². The zero-order valence-electron chi connectivity index (χ0n) is 22.9. The summed E-state index contributed by atoms with van der Waals surface area (Å²) in [5.74, 6) is -3.15. The van der Waals surface area contributed by atoms with Crippen molar-refractivity contribution >= 4 is 80.3 Å². The number of ether oxygens (including phenoxy) is 2. The molecule has 0 spiro atoms. The van der Waals surface area contributed by atoms with E-state index in [0.717, 1.165) is 35.1 Å². The number of anilines is 1. The largest absolute Gasteiger partial charge is 0.462 e. The second kappa shape index (κ2) is 13.4. The number of halogens is 2. The van der Waals surface area contributed by atoms with Gasteiger partial charge in [-0.05, 0) is 73.2 Å². The Kier molecular flexibility index (Phi) is 9.40. The van der Waals surface area contributed by atoms with E-state index in [0.29, 0.717) is 28.0 Å². The van der Waals surface area contributed by atoms with Gasteiger partial charge in [-0.15, -0.1) is 11.3 Å². The van der Waals surface area contributed by atoms with Gasteiger partial charge in [-0.2, -0.15) is 5.10 Å². The normalized spacial score (nSPS) is 12.5. The number of esters is 2. The first-order valence-electron chi connectivity index (χ1n) is 13.4. The third kappa shape index (κ3) is 6.72. The summed E-state index contributed by atoms with van der Waals surface area (Å²) in [7, 11) is 0. The van der Waals surface area contributed by atoms with E-state index >= 15 is 0 Å². The number of amides is 2. The van der Waals surface area contributed by atoms with Gasteiger partial charge in [-0.25, -0.2) is 15.0 Å². The zero-order valence-corrected chi connectivity index (χ0v) is 25.2. The quantitative estimate of drug-likeness (QED) is 0.0776. The molecule has 5 rings (SSSR count). The molecule has 0 fully saturated rings. The van der Waals surface area contributed by atoms with Crippen LogP contribution in [0.3, 0.4) is 0 Å². The van der Waals surface area contributed by atoms with Crippen LogP contribution in [0.25, 0.3) is 10.8 Å². The summed E-state index contributed by atoms with van der Waals surface area (Å²) in [5.41, 5.74) is 3.87. The smallest absolute Gasteiger partial charge is 0.345 e. The van der Waals surface area contributed by atoms with Crippen LogP contribution in [0, 0.1) is 0 Å². The lowest BCUT2D eigenvalue weighted by Crippen LogP contribution is -2.32. The molecule has 4 aromatic rings. The van der Waals surface area contributed by atoms with Crippen LogP contribution in [0.4, 0.5) is 5.00 Å². The number of nitrogens with zero attached hydrogens (tertiary/aromatic N) is 1. The molecule has 0 saturated heterocycles. The van der Waals surface area contributed by atoms with E-state index in [9.17, 15) is 19.2 Å². The number of hydrogen-bond donors (Lipinski definition) is 2. The number of fused-ring (bicyclic) bond motifs is 2. The highest BCUT2D eigenvalue weighted by Crippen LogP contribution is 2.38. The molecule has 3 aromatic carbocycles. The number of benzene rings is 3. The molecule has 0 bridgehead atoms. The molecule has 1 heterocycles. The van der Waals surface area contributed by atoms with Crippen molar-refractivity contribution in [2.45, 2.75) is 32.6 Å². The highest BCUT2D eigenvalue weighted by atomic mass is 35.5. The van der Waals surface area contributed by atoms with Crippen LogP contribution in [0.1, 0.15) is 56.5 Å². The molecule has 1 aliphatic carbocycles. The topological polar surface area (TPSA) is 123 Å². The lowest BCUT2D eigenvalue weighted by Gasteiger charge is -2.12. The Labute approximate surface area is 260 Å². The summed E-state index contributed by atoms with van der Waals surface area (Å²) in [5, 5.41) is 8.80. The van der Waals surface area contributed by atoms with Gasteiger partial charge in [0.25, 0.3) is 0 Å². The number of rotatable bonds is 7. The Hall–Kier alpha value is -4.25. The monoisotopic (exact) mass is 637 g/mol. The molecule has 43 heavy (non-hydrogen) atoms.